The summed E-state index contributed by atoms with van der Waals surface area (Å²) in [5.74, 6) is -0.0184. The summed E-state index contributed by atoms with van der Waals surface area (Å²) in [5.41, 5.74) is 0.958. The minimum absolute atomic E-state index is 0. The molecule has 2 aromatic rings. The lowest BCUT2D eigenvalue weighted by atomic mass is 10.1. The van der Waals surface area contributed by atoms with Crippen LogP contribution in [-0.2, 0) is 19.9 Å². The Hall–Kier alpha value is -2.14. The number of anilines is 1. The van der Waals surface area contributed by atoms with Crippen LogP contribution in [-0.4, -0.2) is 78.1 Å². The zero-order valence-corrected chi connectivity index (χ0v) is 22.4. The fraction of sp³-hybridized carbons (Fsp3) is 0.458. The Bertz CT molecular complexity index is 1240. The van der Waals surface area contributed by atoms with Gasteiger partial charge in [-0.3, -0.25) is 9.10 Å². The summed E-state index contributed by atoms with van der Waals surface area (Å²) in [6.07, 6.45) is 5.53. The SMILES string of the molecule is CN(c1ccc(C(=O)N2CCCC2CN2CCCC2)cc1)S(=O)(=O)c1ccc(S(C)(=O)=O)cc1.Cl. The van der Waals surface area contributed by atoms with E-state index in [0.29, 0.717) is 11.3 Å². The first-order chi connectivity index (χ1) is 16.1. The number of sulfonamides is 1. The molecule has 2 aliphatic heterocycles. The van der Waals surface area contributed by atoms with Crippen LogP contribution < -0.4 is 4.31 Å². The molecule has 4 rings (SSSR count). The Labute approximate surface area is 214 Å². The van der Waals surface area contributed by atoms with E-state index in [0.717, 1.165) is 49.6 Å². The molecule has 0 saturated carbocycles. The summed E-state index contributed by atoms with van der Waals surface area (Å²) in [7, 11) is -5.87. The van der Waals surface area contributed by atoms with Crippen LogP contribution in [0, 0.1) is 0 Å². The molecule has 2 fully saturated rings. The average Bonchev–Trinajstić information content (AvgIpc) is 3.50. The number of halogens is 1. The Kier molecular flexibility index (Phi) is 8.52. The third-order valence-corrected chi connectivity index (χ3v) is 9.62. The van der Waals surface area contributed by atoms with E-state index in [-0.39, 0.29) is 34.1 Å². The quantitative estimate of drug-likeness (QED) is 0.534. The maximum Gasteiger partial charge on any atom is 0.264 e. The second-order valence-electron chi connectivity index (χ2n) is 9.07. The molecule has 2 aromatic carbocycles. The Balaban J connectivity index is 0.00000342. The molecule has 0 aromatic heterocycles. The van der Waals surface area contributed by atoms with E-state index in [1.165, 1.54) is 44.2 Å². The molecule has 11 heteroatoms. The van der Waals surface area contributed by atoms with Crippen LogP contribution in [0.25, 0.3) is 0 Å². The zero-order valence-electron chi connectivity index (χ0n) is 20.0. The van der Waals surface area contributed by atoms with Crippen molar-refractivity contribution in [1.29, 1.82) is 0 Å². The first-order valence-corrected chi connectivity index (χ1v) is 14.8. The lowest BCUT2D eigenvalue weighted by molar-refractivity contribution is 0.0709. The van der Waals surface area contributed by atoms with Crippen LogP contribution in [0.5, 0.6) is 0 Å². The van der Waals surface area contributed by atoms with Crippen molar-refractivity contribution in [2.45, 2.75) is 41.5 Å². The van der Waals surface area contributed by atoms with Crippen molar-refractivity contribution in [3.63, 3.8) is 0 Å². The molecule has 1 unspecified atom stereocenters. The molecule has 192 valence electrons. The smallest absolute Gasteiger partial charge is 0.264 e. The summed E-state index contributed by atoms with van der Waals surface area (Å²) in [6, 6.07) is 12.0. The van der Waals surface area contributed by atoms with Crippen LogP contribution in [0.2, 0.25) is 0 Å². The van der Waals surface area contributed by atoms with Gasteiger partial charge in [0.25, 0.3) is 15.9 Å². The molecule has 2 saturated heterocycles. The van der Waals surface area contributed by atoms with Gasteiger partial charge >= 0.3 is 0 Å². The number of sulfone groups is 1. The van der Waals surface area contributed by atoms with Gasteiger partial charge in [0.2, 0.25) is 0 Å². The molecule has 0 aliphatic carbocycles. The molecule has 35 heavy (non-hydrogen) atoms. The Morgan fingerprint density at radius 1 is 0.886 bits per heavy atom. The first-order valence-electron chi connectivity index (χ1n) is 11.5. The molecule has 2 heterocycles. The highest BCUT2D eigenvalue weighted by Crippen LogP contribution is 2.26. The lowest BCUT2D eigenvalue weighted by Crippen LogP contribution is -2.42. The minimum Gasteiger partial charge on any atom is -0.334 e. The number of benzene rings is 2. The second-order valence-corrected chi connectivity index (χ2v) is 13.1. The number of rotatable bonds is 7. The zero-order chi connectivity index (χ0) is 24.5. The molecule has 8 nitrogen and oxygen atoms in total. The van der Waals surface area contributed by atoms with Gasteiger partial charge in [-0.05, 0) is 87.3 Å². The van der Waals surface area contributed by atoms with E-state index < -0.39 is 19.9 Å². The van der Waals surface area contributed by atoms with E-state index in [9.17, 15) is 21.6 Å². The van der Waals surface area contributed by atoms with Gasteiger partial charge in [-0.25, -0.2) is 16.8 Å². The maximum atomic E-state index is 13.2. The van der Waals surface area contributed by atoms with E-state index in [4.69, 9.17) is 0 Å². The van der Waals surface area contributed by atoms with Gasteiger partial charge in [-0.15, -0.1) is 12.4 Å². The fourth-order valence-corrected chi connectivity index (χ4v) is 6.52. The van der Waals surface area contributed by atoms with Crippen LogP contribution in [0.1, 0.15) is 36.0 Å². The Morgan fingerprint density at radius 2 is 1.46 bits per heavy atom. The largest absolute Gasteiger partial charge is 0.334 e. The highest BCUT2D eigenvalue weighted by atomic mass is 35.5. The second kappa shape index (κ2) is 10.9. The topological polar surface area (TPSA) is 95.1 Å². The van der Waals surface area contributed by atoms with Crippen molar-refractivity contribution in [2.24, 2.45) is 0 Å². The third-order valence-electron chi connectivity index (χ3n) is 6.69. The van der Waals surface area contributed by atoms with Gasteiger partial charge in [-0.2, -0.15) is 0 Å². The number of carbonyl (C=O) groups excluding carboxylic acids is 1. The predicted molar refractivity (Wildman–Crippen MR) is 139 cm³/mol. The van der Waals surface area contributed by atoms with Crippen molar-refractivity contribution in [3.8, 4) is 0 Å². The summed E-state index contributed by atoms with van der Waals surface area (Å²) in [6.45, 7) is 3.87. The molecule has 1 atom stereocenters. The number of hydrogen-bond donors (Lipinski definition) is 0. The van der Waals surface area contributed by atoms with E-state index in [2.05, 4.69) is 4.90 Å². The number of amides is 1. The van der Waals surface area contributed by atoms with Gasteiger partial charge in [-0.1, -0.05) is 0 Å². The molecule has 0 bridgehead atoms. The van der Waals surface area contributed by atoms with Crippen LogP contribution in [0.3, 0.4) is 0 Å². The summed E-state index contributed by atoms with van der Waals surface area (Å²) in [4.78, 5) is 17.6. The molecule has 0 spiro atoms. The predicted octanol–water partition coefficient (Wildman–Crippen LogP) is 3.04. The van der Waals surface area contributed by atoms with Crippen molar-refractivity contribution in [3.05, 3.63) is 54.1 Å². The van der Waals surface area contributed by atoms with E-state index in [1.807, 2.05) is 4.90 Å². The normalized spacial score (nSPS) is 18.9. The molecular formula is C24H32ClN3O5S2. The summed E-state index contributed by atoms with van der Waals surface area (Å²) < 4.78 is 50.5. The molecular weight excluding hydrogens is 510 g/mol. The summed E-state index contributed by atoms with van der Waals surface area (Å²) >= 11 is 0. The van der Waals surface area contributed by atoms with E-state index >= 15 is 0 Å². The van der Waals surface area contributed by atoms with Gasteiger partial charge < -0.3 is 9.80 Å². The molecule has 1 amide bonds. The van der Waals surface area contributed by atoms with Gasteiger partial charge in [0.05, 0.1) is 15.5 Å². The number of hydrogen-bond acceptors (Lipinski definition) is 6. The highest BCUT2D eigenvalue weighted by molar-refractivity contribution is 7.92. The summed E-state index contributed by atoms with van der Waals surface area (Å²) in [5, 5.41) is 0. The van der Waals surface area contributed by atoms with Crippen molar-refractivity contribution in [1.82, 2.24) is 9.80 Å². The van der Waals surface area contributed by atoms with E-state index in [1.54, 1.807) is 24.3 Å². The van der Waals surface area contributed by atoms with Crippen molar-refractivity contribution < 1.29 is 21.6 Å². The lowest BCUT2D eigenvalue weighted by Gasteiger charge is -2.28. The number of carbonyl (C=O) groups is 1. The standard InChI is InChI=1S/C24H31N3O5S2.ClH/c1-25(34(31,32)23-13-11-22(12-14-23)33(2,29)30)20-9-7-19(8-10-20)24(28)27-17-5-6-21(27)18-26-15-3-4-16-26;/h7-14,21H,3-6,15-18H2,1-2H3;1H. The van der Waals surface area contributed by atoms with Crippen molar-refractivity contribution >= 4 is 43.9 Å². The molecule has 0 N–H and O–H groups in total. The monoisotopic (exact) mass is 541 g/mol. The number of likely N-dealkylation sites (tertiary alicyclic amines) is 2. The van der Waals surface area contributed by atoms with Crippen LogP contribution >= 0.6 is 12.4 Å². The van der Waals surface area contributed by atoms with Gasteiger partial charge in [0.15, 0.2) is 9.84 Å². The first kappa shape index (κ1) is 27.4. The fourth-order valence-electron chi connectivity index (χ4n) is 4.69. The average molecular weight is 542 g/mol. The maximum absolute atomic E-state index is 13.2. The van der Waals surface area contributed by atoms with Gasteiger partial charge in [0.1, 0.15) is 0 Å². The molecule has 2 aliphatic rings. The van der Waals surface area contributed by atoms with Crippen LogP contribution in [0.15, 0.2) is 58.3 Å². The Morgan fingerprint density at radius 3 is 2.03 bits per heavy atom. The minimum atomic E-state index is -3.89. The van der Waals surface area contributed by atoms with Crippen molar-refractivity contribution in [2.75, 3.05) is 43.8 Å². The third kappa shape index (κ3) is 5.99. The molecule has 0 radical (unpaired) electrons. The highest BCUT2D eigenvalue weighted by Gasteiger charge is 2.31. The number of nitrogens with zero attached hydrogens (tertiary/aromatic N) is 3. The van der Waals surface area contributed by atoms with Gasteiger partial charge in [0, 0.05) is 38.0 Å². The van der Waals surface area contributed by atoms with Crippen LogP contribution in [0.4, 0.5) is 5.69 Å².